The predicted octanol–water partition coefficient (Wildman–Crippen LogP) is 2.85. The summed E-state index contributed by atoms with van der Waals surface area (Å²) in [5.41, 5.74) is 4.07. The molecule has 2 aromatic rings. The van der Waals surface area contributed by atoms with Crippen LogP contribution in [0.15, 0.2) is 58.1 Å². The first-order valence-corrected chi connectivity index (χ1v) is 6.79. The Balaban J connectivity index is 1.91. The van der Waals surface area contributed by atoms with E-state index in [1.54, 1.807) is 30.5 Å². The molecule has 0 saturated heterocycles. The monoisotopic (exact) mass is 332 g/mol. The number of hydrogen-bond acceptors (Lipinski definition) is 3. The average molecular weight is 333 g/mol. The van der Waals surface area contributed by atoms with E-state index in [2.05, 4.69) is 26.5 Å². The molecule has 20 heavy (non-hydrogen) atoms. The number of phenols is 1. The fourth-order valence-corrected chi connectivity index (χ4v) is 2.03. The second kappa shape index (κ2) is 6.86. The summed E-state index contributed by atoms with van der Waals surface area (Å²) >= 11 is 3.39. The van der Waals surface area contributed by atoms with Crippen LogP contribution in [0, 0.1) is 0 Å². The molecule has 4 nitrogen and oxygen atoms in total. The van der Waals surface area contributed by atoms with Crippen molar-refractivity contribution < 1.29 is 9.90 Å². The number of amides is 1. The van der Waals surface area contributed by atoms with Gasteiger partial charge in [-0.3, -0.25) is 4.79 Å². The van der Waals surface area contributed by atoms with Crippen molar-refractivity contribution in [1.82, 2.24) is 5.43 Å². The first-order chi connectivity index (χ1) is 9.65. The molecule has 2 rings (SSSR count). The van der Waals surface area contributed by atoms with Gasteiger partial charge in [0.2, 0.25) is 5.91 Å². The van der Waals surface area contributed by atoms with E-state index in [1.165, 1.54) is 0 Å². The molecule has 0 aromatic heterocycles. The molecule has 2 aromatic carbocycles. The third-order valence-corrected chi connectivity index (χ3v) is 3.30. The summed E-state index contributed by atoms with van der Waals surface area (Å²) in [4.78, 5) is 11.7. The van der Waals surface area contributed by atoms with E-state index in [0.717, 1.165) is 15.6 Å². The number of halogens is 1. The number of benzene rings is 2. The number of carbonyl (C=O) groups is 1. The first kappa shape index (κ1) is 14.3. The maximum Gasteiger partial charge on any atom is 0.244 e. The third-order valence-electron chi connectivity index (χ3n) is 2.57. The van der Waals surface area contributed by atoms with E-state index in [-0.39, 0.29) is 18.1 Å². The van der Waals surface area contributed by atoms with Crippen LogP contribution < -0.4 is 5.43 Å². The summed E-state index contributed by atoms with van der Waals surface area (Å²) in [6.07, 6.45) is 1.74. The molecule has 102 valence electrons. The van der Waals surface area contributed by atoms with Crippen LogP contribution in [-0.4, -0.2) is 17.2 Å². The van der Waals surface area contributed by atoms with Crippen molar-refractivity contribution in [3.05, 3.63) is 64.1 Å². The Bertz CT molecular complexity index is 641. The van der Waals surface area contributed by atoms with Crippen molar-refractivity contribution in [2.75, 3.05) is 0 Å². The quantitative estimate of drug-likeness (QED) is 0.668. The fraction of sp³-hybridized carbons (Fsp3) is 0.0667. The lowest BCUT2D eigenvalue weighted by atomic mass is 10.1. The summed E-state index contributed by atoms with van der Waals surface area (Å²) < 4.78 is 0.908. The molecule has 0 heterocycles. The third kappa shape index (κ3) is 4.20. The summed E-state index contributed by atoms with van der Waals surface area (Å²) in [6, 6.07) is 14.2. The van der Waals surface area contributed by atoms with E-state index in [9.17, 15) is 9.90 Å². The van der Waals surface area contributed by atoms with Crippen LogP contribution >= 0.6 is 15.9 Å². The number of rotatable bonds is 4. The van der Waals surface area contributed by atoms with Crippen LogP contribution in [0.25, 0.3) is 0 Å². The molecule has 1 amide bonds. The Hall–Kier alpha value is -2.14. The van der Waals surface area contributed by atoms with Crippen molar-refractivity contribution in [3.63, 3.8) is 0 Å². The van der Waals surface area contributed by atoms with Crippen molar-refractivity contribution >= 4 is 28.1 Å². The van der Waals surface area contributed by atoms with Crippen LogP contribution in [-0.2, 0) is 11.2 Å². The summed E-state index contributed by atoms with van der Waals surface area (Å²) in [5, 5.41) is 13.2. The number of carbonyl (C=O) groups excluding carboxylic acids is 1. The van der Waals surface area contributed by atoms with Crippen molar-refractivity contribution in [2.24, 2.45) is 5.10 Å². The Morgan fingerprint density at radius 1 is 1.25 bits per heavy atom. The number of nitrogens with zero attached hydrogens (tertiary/aromatic N) is 1. The number of aromatic hydroxyl groups is 1. The molecule has 0 radical (unpaired) electrons. The second-order valence-electron chi connectivity index (χ2n) is 4.16. The maximum atomic E-state index is 11.7. The minimum atomic E-state index is -0.237. The van der Waals surface area contributed by atoms with Gasteiger partial charge in [0.15, 0.2) is 0 Å². The van der Waals surface area contributed by atoms with E-state index < -0.39 is 0 Å². The summed E-state index contributed by atoms with van der Waals surface area (Å²) in [5.74, 6) is -0.0917. The zero-order valence-electron chi connectivity index (χ0n) is 10.6. The van der Waals surface area contributed by atoms with Crippen molar-refractivity contribution in [2.45, 2.75) is 6.42 Å². The van der Waals surface area contributed by atoms with Crippen molar-refractivity contribution in [3.8, 4) is 5.75 Å². The van der Waals surface area contributed by atoms with Crippen LogP contribution in [0.2, 0.25) is 0 Å². The molecule has 0 saturated carbocycles. The highest BCUT2D eigenvalue weighted by atomic mass is 79.9. The molecular formula is C15H13BrN2O2. The van der Waals surface area contributed by atoms with Gasteiger partial charge < -0.3 is 5.11 Å². The van der Waals surface area contributed by atoms with Gasteiger partial charge in [0.1, 0.15) is 5.75 Å². The Labute approximate surface area is 125 Å². The fourth-order valence-electron chi connectivity index (χ4n) is 1.64. The van der Waals surface area contributed by atoms with Gasteiger partial charge in [0.05, 0.1) is 12.6 Å². The average Bonchev–Trinajstić information content (AvgIpc) is 2.41. The Morgan fingerprint density at radius 2 is 2.05 bits per heavy atom. The van der Waals surface area contributed by atoms with Gasteiger partial charge >= 0.3 is 0 Å². The summed E-state index contributed by atoms with van der Waals surface area (Å²) in [6.45, 7) is 0. The molecule has 0 unspecified atom stereocenters. The van der Waals surface area contributed by atoms with Gasteiger partial charge in [-0.15, -0.1) is 0 Å². The standard InChI is InChI=1S/C15H13BrN2O2/c16-14-7-2-1-5-12(14)10-17-18-15(20)9-11-4-3-6-13(19)8-11/h1-8,10,19H,9H2,(H,18,20). The molecule has 0 spiro atoms. The van der Waals surface area contributed by atoms with E-state index >= 15 is 0 Å². The number of hydrogen-bond donors (Lipinski definition) is 2. The molecule has 5 heteroatoms. The minimum absolute atomic E-state index is 0.145. The van der Waals surface area contributed by atoms with Gasteiger partial charge in [0, 0.05) is 10.0 Å². The highest BCUT2D eigenvalue weighted by Crippen LogP contribution is 2.13. The number of phenolic OH excluding ortho intramolecular Hbond substituents is 1. The maximum absolute atomic E-state index is 11.7. The molecule has 0 atom stereocenters. The summed E-state index contributed by atoms with van der Waals surface area (Å²) in [7, 11) is 0. The Morgan fingerprint density at radius 3 is 2.80 bits per heavy atom. The molecule has 0 bridgehead atoms. The molecular weight excluding hydrogens is 320 g/mol. The van der Waals surface area contributed by atoms with E-state index in [4.69, 9.17) is 0 Å². The highest BCUT2D eigenvalue weighted by Gasteiger charge is 2.02. The normalized spacial score (nSPS) is 10.7. The molecule has 0 aliphatic rings. The SMILES string of the molecule is O=C(Cc1cccc(O)c1)NN=Cc1ccccc1Br. The number of hydrazone groups is 1. The molecule has 0 aliphatic heterocycles. The zero-order chi connectivity index (χ0) is 14.4. The largest absolute Gasteiger partial charge is 0.508 e. The van der Waals surface area contributed by atoms with Crippen LogP contribution in [0.4, 0.5) is 0 Å². The minimum Gasteiger partial charge on any atom is -0.508 e. The van der Waals surface area contributed by atoms with Crippen LogP contribution in [0.5, 0.6) is 5.75 Å². The van der Waals surface area contributed by atoms with Gasteiger partial charge in [-0.05, 0) is 23.8 Å². The Kier molecular flexibility index (Phi) is 4.90. The number of nitrogens with one attached hydrogen (secondary N) is 1. The zero-order valence-corrected chi connectivity index (χ0v) is 12.2. The predicted molar refractivity (Wildman–Crippen MR) is 81.7 cm³/mol. The van der Waals surface area contributed by atoms with Gasteiger partial charge in [-0.1, -0.05) is 46.3 Å². The van der Waals surface area contributed by atoms with Gasteiger partial charge in [-0.2, -0.15) is 5.10 Å². The first-order valence-electron chi connectivity index (χ1n) is 5.99. The second-order valence-corrected chi connectivity index (χ2v) is 5.02. The van der Waals surface area contributed by atoms with E-state index in [1.807, 2.05) is 24.3 Å². The molecule has 0 aliphatic carbocycles. The van der Waals surface area contributed by atoms with Crippen LogP contribution in [0.1, 0.15) is 11.1 Å². The topological polar surface area (TPSA) is 61.7 Å². The lowest BCUT2D eigenvalue weighted by molar-refractivity contribution is -0.120. The van der Waals surface area contributed by atoms with Crippen LogP contribution in [0.3, 0.4) is 0 Å². The van der Waals surface area contributed by atoms with Gasteiger partial charge in [0.25, 0.3) is 0 Å². The lowest BCUT2D eigenvalue weighted by Crippen LogP contribution is -2.19. The smallest absolute Gasteiger partial charge is 0.244 e. The molecule has 0 fully saturated rings. The lowest BCUT2D eigenvalue weighted by Gasteiger charge is -2.01. The van der Waals surface area contributed by atoms with Gasteiger partial charge in [-0.25, -0.2) is 5.43 Å². The molecule has 2 N–H and O–H groups in total. The van der Waals surface area contributed by atoms with E-state index in [0.29, 0.717) is 0 Å². The van der Waals surface area contributed by atoms with Crippen molar-refractivity contribution in [1.29, 1.82) is 0 Å². The highest BCUT2D eigenvalue weighted by molar-refractivity contribution is 9.10.